The van der Waals surface area contributed by atoms with Crippen LogP contribution in [0, 0.1) is 5.92 Å². The van der Waals surface area contributed by atoms with E-state index in [9.17, 15) is 9.59 Å². The highest BCUT2D eigenvalue weighted by Crippen LogP contribution is 2.29. The molecule has 2 rings (SSSR count). The summed E-state index contributed by atoms with van der Waals surface area (Å²) in [7, 11) is 0. The zero-order chi connectivity index (χ0) is 17.5. The molecule has 0 saturated heterocycles. The Morgan fingerprint density at radius 2 is 1.83 bits per heavy atom. The molecule has 7 nitrogen and oxygen atoms in total. The average molecular weight is 330 g/mol. The summed E-state index contributed by atoms with van der Waals surface area (Å²) in [6.45, 7) is 4.06. The van der Waals surface area contributed by atoms with E-state index in [4.69, 9.17) is 10.3 Å². The largest absolute Gasteiger partial charge is 0.365 e. The lowest BCUT2D eigenvalue weighted by Gasteiger charge is -2.14. The van der Waals surface area contributed by atoms with E-state index in [0.717, 1.165) is 25.7 Å². The first-order valence-corrected chi connectivity index (χ1v) is 8.09. The number of primary amides is 1. The second kappa shape index (κ2) is 8.24. The molecule has 2 aromatic rings. The molecule has 24 heavy (non-hydrogen) atoms. The van der Waals surface area contributed by atoms with Crippen LogP contribution >= 0.6 is 0 Å². The van der Waals surface area contributed by atoms with Crippen LogP contribution in [0.2, 0.25) is 0 Å². The Balaban J connectivity index is 2.29. The van der Waals surface area contributed by atoms with Crippen molar-refractivity contribution in [3.05, 3.63) is 30.1 Å². The molecule has 2 amide bonds. The number of carbonyl (C=O) groups is 2. The van der Waals surface area contributed by atoms with Gasteiger partial charge in [-0.05, 0) is 25.0 Å². The fraction of sp³-hybridized carbons (Fsp3) is 0.412. The lowest BCUT2D eigenvalue weighted by molar-refractivity contribution is -0.120. The molecule has 0 aliphatic carbocycles. The van der Waals surface area contributed by atoms with Gasteiger partial charge in [0.15, 0.2) is 0 Å². The predicted molar refractivity (Wildman–Crippen MR) is 90.2 cm³/mol. The number of carbonyl (C=O) groups excluding carboxylic acids is 2. The van der Waals surface area contributed by atoms with Crippen LogP contribution in [0.1, 0.15) is 49.9 Å². The van der Waals surface area contributed by atoms with Crippen molar-refractivity contribution < 1.29 is 14.1 Å². The minimum absolute atomic E-state index is 0.00322. The molecular weight excluding hydrogens is 308 g/mol. The van der Waals surface area contributed by atoms with Crippen LogP contribution in [0.25, 0.3) is 11.3 Å². The molecule has 2 heterocycles. The van der Waals surface area contributed by atoms with Crippen molar-refractivity contribution in [2.45, 2.75) is 39.5 Å². The summed E-state index contributed by atoms with van der Waals surface area (Å²) in [6, 6.07) is 3.37. The second-order valence-electron chi connectivity index (χ2n) is 5.60. The van der Waals surface area contributed by atoms with Crippen molar-refractivity contribution in [3.8, 4) is 11.3 Å². The Morgan fingerprint density at radius 1 is 1.21 bits per heavy atom. The van der Waals surface area contributed by atoms with Crippen molar-refractivity contribution in [1.29, 1.82) is 0 Å². The number of aromatic nitrogens is 2. The minimum Gasteiger partial charge on any atom is -0.365 e. The third kappa shape index (κ3) is 3.98. The molecule has 0 atom stereocenters. The second-order valence-corrected chi connectivity index (χ2v) is 5.60. The SMILES string of the molecule is CCCC(CCC)C(=O)Nc1onc(-c2ccncc2)c1C(N)=O. The number of amides is 2. The van der Waals surface area contributed by atoms with E-state index >= 15 is 0 Å². The molecule has 2 aromatic heterocycles. The van der Waals surface area contributed by atoms with Crippen molar-refractivity contribution in [2.24, 2.45) is 11.7 Å². The topological polar surface area (TPSA) is 111 Å². The van der Waals surface area contributed by atoms with E-state index in [1.54, 1.807) is 24.5 Å². The van der Waals surface area contributed by atoms with Crippen LogP contribution in [0.4, 0.5) is 5.88 Å². The van der Waals surface area contributed by atoms with Crippen LogP contribution in [0.5, 0.6) is 0 Å². The van der Waals surface area contributed by atoms with E-state index in [1.807, 2.05) is 13.8 Å². The Labute approximate surface area is 140 Å². The van der Waals surface area contributed by atoms with Gasteiger partial charge in [-0.3, -0.25) is 19.9 Å². The highest BCUT2D eigenvalue weighted by Gasteiger charge is 2.26. The normalized spacial score (nSPS) is 10.8. The van der Waals surface area contributed by atoms with Crippen LogP contribution in [0.3, 0.4) is 0 Å². The summed E-state index contributed by atoms with van der Waals surface area (Å²) in [5.74, 6) is -1.02. The van der Waals surface area contributed by atoms with Crippen molar-refractivity contribution in [3.63, 3.8) is 0 Å². The molecule has 0 unspecified atom stereocenters. The summed E-state index contributed by atoms with van der Waals surface area (Å²) in [4.78, 5) is 28.2. The van der Waals surface area contributed by atoms with Gasteiger partial charge in [0.1, 0.15) is 11.3 Å². The van der Waals surface area contributed by atoms with E-state index in [2.05, 4.69) is 15.5 Å². The average Bonchev–Trinajstić information content (AvgIpc) is 2.99. The smallest absolute Gasteiger partial charge is 0.256 e. The zero-order valence-electron chi connectivity index (χ0n) is 13.9. The maximum Gasteiger partial charge on any atom is 0.256 e. The van der Waals surface area contributed by atoms with Gasteiger partial charge in [-0.15, -0.1) is 0 Å². The summed E-state index contributed by atoms with van der Waals surface area (Å²) in [5, 5.41) is 6.56. The number of pyridine rings is 1. The lowest BCUT2D eigenvalue weighted by atomic mass is 9.97. The number of nitrogens with two attached hydrogens (primary N) is 1. The van der Waals surface area contributed by atoms with E-state index in [1.165, 1.54) is 0 Å². The molecule has 3 N–H and O–H groups in total. The highest BCUT2D eigenvalue weighted by molar-refractivity contribution is 6.06. The van der Waals surface area contributed by atoms with E-state index in [-0.39, 0.29) is 23.3 Å². The number of anilines is 1. The van der Waals surface area contributed by atoms with E-state index in [0.29, 0.717) is 11.3 Å². The molecule has 0 radical (unpaired) electrons. The van der Waals surface area contributed by atoms with Crippen molar-refractivity contribution in [1.82, 2.24) is 10.1 Å². The van der Waals surface area contributed by atoms with Gasteiger partial charge < -0.3 is 10.3 Å². The van der Waals surface area contributed by atoms with Gasteiger partial charge in [0.25, 0.3) is 5.91 Å². The predicted octanol–water partition coefficient (Wildman–Crippen LogP) is 2.99. The lowest BCUT2D eigenvalue weighted by Crippen LogP contribution is -2.24. The Hall–Kier alpha value is -2.70. The molecule has 0 aliphatic heterocycles. The van der Waals surface area contributed by atoms with Crippen LogP contribution in [-0.4, -0.2) is 22.0 Å². The first kappa shape index (κ1) is 17.7. The standard InChI is InChI=1S/C17H22N4O3/c1-3-5-12(6-4-2)16(23)20-17-13(15(18)22)14(21-24-17)11-7-9-19-10-8-11/h7-10,12H,3-6H2,1-2H3,(H2,18,22)(H,20,23). The summed E-state index contributed by atoms with van der Waals surface area (Å²) in [5.41, 5.74) is 6.47. The van der Waals surface area contributed by atoms with Crippen LogP contribution in [-0.2, 0) is 4.79 Å². The van der Waals surface area contributed by atoms with E-state index < -0.39 is 5.91 Å². The Morgan fingerprint density at radius 3 is 2.38 bits per heavy atom. The molecule has 7 heteroatoms. The van der Waals surface area contributed by atoms with Gasteiger partial charge >= 0.3 is 0 Å². The maximum absolute atomic E-state index is 12.5. The molecule has 0 spiro atoms. The first-order valence-electron chi connectivity index (χ1n) is 8.09. The molecule has 0 aliphatic rings. The van der Waals surface area contributed by atoms with Crippen LogP contribution in [0.15, 0.2) is 29.0 Å². The first-order chi connectivity index (χ1) is 11.6. The molecule has 0 fully saturated rings. The Kier molecular flexibility index (Phi) is 6.06. The zero-order valence-corrected chi connectivity index (χ0v) is 13.9. The minimum atomic E-state index is -0.708. The third-order valence-electron chi connectivity index (χ3n) is 3.77. The number of nitrogens with zero attached hydrogens (tertiary/aromatic N) is 2. The quantitative estimate of drug-likeness (QED) is 0.773. The Bertz CT molecular complexity index is 691. The summed E-state index contributed by atoms with van der Waals surface area (Å²) < 4.78 is 5.19. The molecule has 0 bridgehead atoms. The highest BCUT2D eigenvalue weighted by atomic mass is 16.5. The van der Waals surface area contributed by atoms with Gasteiger partial charge in [0.2, 0.25) is 11.8 Å². The van der Waals surface area contributed by atoms with Crippen molar-refractivity contribution >= 4 is 17.7 Å². The van der Waals surface area contributed by atoms with Crippen LogP contribution < -0.4 is 11.1 Å². The van der Waals surface area contributed by atoms with Gasteiger partial charge in [-0.2, -0.15) is 0 Å². The molecule has 0 saturated carbocycles. The summed E-state index contributed by atoms with van der Waals surface area (Å²) >= 11 is 0. The third-order valence-corrected chi connectivity index (χ3v) is 3.77. The van der Waals surface area contributed by atoms with Gasteiger partial charge in [0.05, 0.1) is 0 Å². The summed E-state index contributed by atoms with van der Waals surface area (Å²) in [6.07, 6.45) is 6.50. The fourth-order valence-corrected chi connectivity index (χ4v) is 2.63. The monoisotopic (exact) mass is 330 g/mol. The number of hydrogen-bond donors (Lipinski definition) is 2. The van der Waals surface area contributed by atoms with Gasteiger partial charge in [0, 0.05) is 23.9 Å². The molecule has 128 valence electrons. The maximum atomic E-state index is 12.5. The van der Waals surface area contributed by atoms with Crippen molar-refractivity contribution in [2.75, 3.05) is 5.32 Å². The number of rotatable bonds is 8. The number of hydrogen-bond acceptors (Lipinski definition) is 5. The van der Waals surface area contributed by atoms with Gasteiger partial charge in [-0.25, -0.2) is 0 Å². The molecule has 0 aromatic carbocycles. The molecular formula is C17H22N4O3. The fourth-order valence-electron chi connectivity index (χ4n) is 2.63. The van der Waals surface area contributed by atoms with Gasteiger partial charge in [-0.1, -0.05) is 31.8 Å². The number of nitrogens with one attached hydrogen (secondary N) is 1.